The molecule has 0 amide bonds. The van der Waals surface area contributed by atoms with Crippen LogP contribution in [0.5, 0.6) is 0 Å². The van der Waals surface area contributed by atoms with Gasteiger partial charge in [0.2, 0.25) is 0 Å². The van der Waals surface area contributed by atoms with E-state index in [0.29, 0.717) is 0 Å². The van der Waals surface area contributed by atoms with Crippen LogP contribution in [0.4, 0.5) is 0 Å². The lowest BCUT2D eigenvalue weighted by Crippen LogP contribution is -1.99. The first-order valence-electron chi connectivity index (χ1n) is 13.1. The van der Waals surface area contributed by atoms with Crippen LogP contribution < -0.4 is 0 Å². The lowest BCUT2D eigenvalue weighted by atomic mass is 9.87. The van der Waals surface area contributed by atoms with Crippen molar-refractivity contribution in [2.45, 2.75) is 0 Å². The van der Waals surface area contributed by atoms with Crippen LogP contribution in [0.1, 0.15) is 0 Å². The minimum Gasteiger partial charge on any atom is -0.246 e. The normalized spacial score (nSPS) is 11.7. The number of rotatable bonds is 3. The first-order valence-corrected chi connectivity index (χ1v) is 13.1. The minimum absolute atomic E-state index is 1.02. The largest absolute Gasteiger partial charge is 0.246 e. The molecule has 1 aromatic heterocycles. The molecule has 1 aliphatic carbocycles. The first-order chi connectivity index (χ1) is 18.9. The van der Waals surface area contributed by atoms with E-state index in [2.05, 4.69) is 140 Å². The fourth-order valence-electron chi connectivity index (χ4n) is 6.19. The second kappa shape index (κ2) is 8.26. The van der Waals surface area contributed by atoms with E-state index in [9.17, 15) is 0 Å². The molecule has 0 aliphatic heterocycles. The highest BCUT2D eigenvalue weighted by molar-refractivity contribution is 6.22. The summed E-state index contributed by atoms with van der Waals surface area (Å²) in [6.07, 6.45) is 0. The van der Waals surface area contributed by atoms with Crippen LogP contribution in [-0.4, -0.2) is 4.98 Å². The number of benzene rings is 6. The maximum atomic E-state index is 5.58. The molecule has 1 nitrogen and oxygen atoms in total. The molecule has 7 aromatic rings. The zero-order valence-corrected chi connectivity index (χ0v) is 20.7. The molecule has 38 heavy (non-hydrogen) atoms. The van der Waals surface area contributed by atoms with Crippen molar-refractivity contribution in [1.29, 1.82) is 0 Å². The Balaban J connectivity index is 1.61. The van der Waals surface area contributed by atoms with Crippen LogP contribution in [0, 0.1) is 0 Å². The van der Waals surface area contributed by atoms with E-state index in [1.54, 1.807) is 0 Å². The SMILES string of the molecule is c1ccc(-c2nc(-c3cccc4ccccc34)c(-c3ccccc3)c3c2-c2cccc4cccc-3c24)cc1. The summed E-state index contributed by atoms with van der Waals surface area (Å²) in [7, 11) is 0. The second-order valence-electron chi connectivity index (χ2n) is 9.90. The van der Waals surface area contributed by atoms with Gasteiger partial charge >= 0.3 is 0 Å². The van der Waals surface area contributed by atoms with Crippen LogP contribution in [0.2, 0.25) is 0 Å². The van der Waals surface area contributed by atoms with Gasteiger partial charge in [-0.15, -0.1) is 0 Å². The Kier molecular flexibility index (Phi) is 4.59. The van der Waals surface area contributed by atoms with Gasteiger partial charge < -0.3 is 0 Å². The highest BCUT2D eigenvalue weighted by atomic mass is 14.7. The van der Waals surface area contributed by atoms with Crippen LogP contribution in [0.15, 0.2) is 140 Å². The predicted molar refractivity (Wildman–Crippen MR) is 160 cm³/mol. The van der Waals surface area contributed by atoms with Gasteiger partial charge in [0.15, 0.2) is 0 Å². The summed E-state index contributed by atoms with van der Waals surface area (Å²) in [6, 6.07) is 50.0. The molecule has 8 rings (SSSR count). The summed E-state index contributed by atoms with van der Waals surface area (Å²) in [6.45, 7) is 0. The molecule has 1 heteroatoms. The van der Waals surface area contributed by atoms with E-state index in [1.165, 1.54) is 54.9 Å². The molecule has 6 aromatic carbocycles. The Hall–Kier alpha value is -5.01. The average molecular weight is 482 g/mol. The molecule has 1 heterocycles. The number of nitrogens with zero attached hydrogens (tertiary/aromatic N) is 1. The standard InChI is InChI=1S/C37H23N/c1-3-13-26(14-4-1)33-34-30-22-10-18-25-19-11-23-31(32(25)30)35(34)36(27-15-5-2-6-16-27)38-37(33)29-21-9-17-24-12-7-8-20-28(24)29/h1-23H. The van der Waals surface area contributed by atoms with Crippen LogP contribution >= 0.6 is 0 Å². The highest BCUT2D eigenvalue weighted by Crippen LogP contribution is 2.56. The molecule has 0 unspecified atom stereocenters. The Morgan fingerprint density at radius 3 is 1.63 bits per heavy atom. The molecule has 0 N–H and O–H groups in total. The molecule has 176 valence electrons. The Morgan fingerprint density at radius 2 is 0.895 bits per heavy atom. The van der Waals surface area contributed by atoms with Gasteiger partial charge in [-0.2, -0.15) is 0 Å². The van der Waals surface area contributed by atoms with Crippen molar-refractivity contribution in [1.82, 2.24) is 4.98 Å². The summed E-state index contributed by atoms with van der Waals surface area (Å²) >= 11 is 0. The van der Waals surface area contributed by atoms with Gasteiger partial charge in [0.1, 0.15) is 0 Å². The molecule has 0 saturated heterocycles. The van der Waals surface area contributed by atoms with Crippen molar-refractivity contribution in [3.8, 4) is 55.9 Å². The minimum atomic E-state index is 1.02. The third kappa shape index (κ3) is 3.02. The number of hydrogen-bond acceptors (Lipinski definition) is 1. The summed E-state index contributed by atoms with van der Waals surface area (Å²) in [4.78, 5) is 5.58. The van der Waals surface area contributed by atoms with Gasteiger partial charge in [-0.05, 0) is 38.2 Å². The van der Waals surface area contributed by atoms with E-state index in [1.807, 2.05) is 0 Å². The van der Waals surface area contributed by atoms with Crippen molar-refractivity contribution in [3.05, 3.63) is 140 Å². The van der Waals surface area contributed by atoms with E-state index < -0.39 is 0 Å². The number of hydrogen-bond donors (Lipinski definition) is 0. The van der Waals surface area contributed by atoms with Crippen molar-refractivity contribution < 1.29 is 0 Å². The fraction of sp³-hybridized carbons (Fsp3) is 0. The molecule has 0 radical (unpaired) electrons. The lowest BCUT2D eigenvalue weighted by Gasteiger charge is -2.20. The van der Waals surface area contributed by atoms with Crippen LogP contribution in [0.3, 0.4) is 0 Å². The van der Waals surface area contributed by atoms with E-state index in [4.69, 9.17) is 4.98 Å². The average Bonchev–Trinajstić information content (AvgIpc) is 3.33. The van der Waals surface area contributed by atoms with Crippen molar-refractivity contribution in [2.24, 2.45) is 0 Å². The molecule has 0 spiro atoms. The maximum absolute atomic E-state index is 5.58. The summed E-state index contributed by atoms with van der Waals surface area (Å²) in [5.41, 5.74) is 11.8. The molecule has 0 saturated carbocycles. The number of pyridine rings is 1. The van der Waals surface area contributed by atoms with Crippen LogP contribution in [-0.2, 0) is 0 Å². The Bertz CT molecular complexity index is 1990. The first kappa shape index (κ1) is 21.1. The van der Waals surface area contributed by atoms with Gasteiger partial charge in [-0.1, -0.05) is 140 Å². The summed E-state index contributed by atoms with van der Waals surface area (Å²) in [5.74, 6) is 0. The van der Waals surface area contributed by atoms with E-state index in [0.717, 1.165) is 22.5 Å². The summed E-state index contributed by atoms with van der Waals surface area (Å²) < 4.78 is 0. The topological polar surface area (TPSA) is 12.9 Å². The van der Waals surface area contributed by atoms with Crippen molar-refractivity contribution >= 4 is 21.5 Å². The Morgan fingerprint density at radius 1 is 0.342 bits per heavy atom. The highest BCUT2D eigenvalue weighted by Gasteiger charge is 2.31. The quantitative estimate of drug-likeness (QED) is 0.245. The molecule has 1 aliphatic rings. The Labute approximate surface area is 221 Å². The smallest absolute Gasteiger partial charge is 0.0800 e. The molecular formula is C37H23N. The van der Waals surface area contributed by atoms with Gasteiger partial charge in [-0.25, -0.2) is 4.98 Å². The van der Waals surface area contributed by atoms with E-state index in [-0.39, 0.29) is 0 Å². The van der Waals surface area contributed by atoms with Gasteiger partial charge in [0.25, 0.3) is 0 Å². The third-order valence-corrected chi connectivity index (χ3v) is 7.80. The molecule has 0 atom stereocenters. The fourth-order valence-corrected chi connectivity index (χ4v) is 6.19. The van der Waals surface area contributed by atoms with Crippen LogP contribution in [0.25, 0.3) is 77.4 Å². The van der Waals surface area contributed by atoms with Crippen molar-refractivity contribution in [3.63, 3.8) is 0 Å². The van der Waals surface area contributed by atoms with Crippen molar-refractivity contribution in [2.75, 3.05) is 0 Å². The molecule has 0 bridgehead atoms. The molecule has 0 fully saturated rings. The lowest BCUT2D eigenvalue weighted by molar-refractivity contribution is 1.33. The maximum Gasteiger partial charge on any atom is 0.0800 e. The number of fused-ring (bicyclic) bond motifs is 4. The zero-order valence-electron chi connectivity index (χ0n) is 20.7. The van der Waals surface area contributed by atoms with Gasteiger partial charge in [0, 0.05) is 27.8 Å². The van der Waals surface area contributed by atoms with Gasteiger partial charge in [-0.3, -0.25) is 0 Å². The second-order valence-corrected chi connectivity index (χ2v) is 9.90. The molecular weight excluding hydrogens is 458 g/mol. The van der Waals surface area contributed by atoms with E-state index >= 15 is 0 Å². The van der Waals surface area contributed by atoms with Gasteiger partial charge in [0.05, 0.1) is 11.4 Å². The number of aromatic nitrogens is 1. The summed E-state index contributed by atoms with van der Waals surface area (Å²) in [5, 5.41) is 5.02. The zero-order chi connectivity index (χ0) is 25.1. The predicted octanol–water partition coefficient (Wildman–Crippen LogP) is 10.0. The monoisotopic (exact) mass is 481 g/mol. The third-order valence-electron chi connectivity index (χ3n) is 7.80.